The molecule has 0 saturated carbocycles. The minimum Gasteiger partial charge on any atom is -0.391 e. The second-order valence-corrected chi connectivity index (χ2v) is 8.44. The lowest BCUT2D eigenvalue weighted by Crippen LogP contribution is -2.42. The maximum atomic E-state index is 12.1. The van der Waals surface area contributed by atoms with E-state index in [4.69, 9.17) is 0 Å². The van der Waals surface area contributed by atoms with Gasteiger partial charge in [0.2, 0.25) is 0 Å². The van der Waals surface area contributed by atoms with Gasteiger partial charge < -0.3 is 10.4 Å². The van der Waals surface area contributed by atoms with Crippen molar-refractivity contribution >= 4 is 9.84 Å². The summed E-state index contributed by atoms with van der Waals surface area (Å²) in [5.41, 5.74) is 1.66. The minimum atomic E-state index is -3.31. The SMILES string of the molecule is Cc1cccc(CS(=O)(=O)CC(O)CNC(C)(C)C)c1. The van der Waals surface area contributed by atoms with E-state index in [0.29, 0.717) is 0 Å². The molecule has 0 fully saturated rings. The second-order valence-electron chi connectivity index (χ2n) is 6.33. The molecule has 2 N–H and O–H groups in total. The number of sulfone groups is 1. The number of nitrogens with one attached hydrogen (secondary N) is 1. The lowest BCUT2D eigenvalue weighted by Gasteiger charge is -2.22. The zero-order valence-electron chi connectivity index (χ0n) is 12.7. The standard InChI is InChI=1S/C15H25NO3S/c1-12-6-5-7-13(8-12)10-20(18,19)11-14(17)9-16-15(2,3)4/h5-8,14,16-17H,9-11H2,1-4H3. The van der Waals surface area contributed by atoms with E-state index >= 15 is 0 Å². The van der Waals surface area contributed by atoms with Crippen LogP contribution in [0.15, 0.2) is 24.3 Å². The van der Waals surface area contributed by atoms with Crippen molar-refractivity contribution in [3.8, 4) is 0 Å². The van der Waals surface area contributed by atoms with Gasteiger partial charge in [0, 0.05) is 12.1 Å². The van der Waals surface area contributed by atoms with E-state index in [1.165, 1.54) is 0 Å². The van der Waals surface area contributed by atoms with Gasteiger partial charge in [0.15, 0.2) is 9.84 Å². The van der Waals surface area contributed by atoms with Crippen LogP contribution in [-0.4, -0.2) is 37.5 Å². The van der Waals surface area contributed by atoms with Crippen LogP contribution in [0.4, 0.5) is 0 Å². The highest BCUT2D eigenvalue weighted by atomic mass is 32.2. The highest BCUT2D eigenvalue weighted by molar-refractivity contribution is 7.90. The van der Waals surface area contributed by atoms with Gasteiger partial charge in [0.1, 0.15) is 0 Å². The number of benzene rings is 1. The molecule has 0 aliphatic carbocycles. The average Bonchev–Trinajstić information content (AvgIpc) is 2.24. The van der Waals surface area contributed by atoms with Gasteiger partial charge in [-0.2, -0.15) is 0 Å². The van der Waals surface area contributed by atoms with Crippen LogP contribution in [0.3, 0.4) is 0 Å². The summed E-state index contributed by atoms with van der Waals surface area (Å²) in [4.78, 5) is 0. The van der Waals surface area contributed by atoms with Gasteiger partial charge in [-0.1, -0.05) is 29.8 Å². The molecule has 5 heteroatoms. The fraction of sp³-hybridized carbons (Fsp3) is 0.600. The first kappa shape index (κ1) is 17.1. The monoisotopic (exact) mass is 299 g/mol. The Morgan fingerprint density at radius 1 is 1.30 bits per heavy atom. The Kier molecular flexibility index (Phi) is 5.74. The maximum absolute atomic E-state index is 12.1. The van der Waals surface area contributed by atoms with E-state index in [1.807, 2.05) is 45.9 Å². The maximum Gasteiger partial charge on any atom is 0.157 e. The number of rotatable bonds is 6. The van der Waals surface area contributed by atoms with Crippen molar-refractivity contribution in [2.24, 2.45) is 0 Å². The van der Waals surface area contributed by atoms with Crippen LogP contribution >= 0.6 is 0 Å². The Morgan fingerprint density at radius 3 is 2.50 bits per heavy atom. The van der Waals surface area contributed by atoms with Gasteiger partial charge in [0.25, 0.3) is 0 Å². The molecule has 0 spiro atoms. The predicted molar refractivity (Wildman–Crippen MR) is 82.4 cm³/mol. The summed E-state index contributed by atoms with van der Waals surface area (Å²) in [6.45, 7) is 8.12. The molecule has 0 bridgehead atoms. The number of β-amino-alcohol motifs (C(OH)–C–C–N with tert-alkyl or cyclic N) is 1. The third kappa shape index (κ3) is 7.03. The Balaban J connectivity index is 2.57. The molecule has 0 aliphatic rings. The Bertz CT molecular complexity index is 532. The van der Waals surface area contributed by atoms with E-state index in [1.54, 1.807) is 6.07 Å². The smallest absolute Gasteiger partial charge is 0.157 e. The van der Waals surface area contributed by atoms with E-state index in [0.717, 1.165) is 11.1 Å². The third-order valence-electron chi connectivity index (χ3n) is 2.78. The summed E-state index contributed by atoms with van der Waals surface area (Å²) in [5.74, 6) is -0.245. The first-order chi connectivity index (χ1) is 9.07. The first-order valence-corrected chi connectivity index (χ1v) is 8.59. The van der Waals surface area contributed by atoms with Crippen LogP contribution in [0.2, 0.25) is 0 Å². The average molecular weight is 299 g/mol. The molecule has 0 amide bonds. The minimum absolute atomic E-state index is 0.0265. The highest BCUT2D eigenvalue weighted by Crippen LogP contribution is 2.10. The van der Waals surface area contributed by atoms with E-state index < -0.39 is 15.9 Å². The molecular formula is C15H25NO3S. The molecule has 1 aromatic rings. The van der Waals surface area contributed by atoms with Gasteiger partial charge in [-0.05, 0) is 33.3 Å². The van der Waals surface area contributed by atoms with E-state index in [-0.39, 0.29) is 23.6 Å². The van der Waals surface area contributed by atoms with Crippen LogP contribution in [-0.2, 0) is 15.6 Å². The molecule has 0 aromatic heterocycles. The first-order valence-electron chi connectivity index (χ1n) is 6.76. The molecular weight excluding hydrogens is 274 g/mol. The molecule has 4 nitrogen and oxygen atoms in total. The number of hydrogen-bond acceptors (Lipinski definition) is 4. The molecule has 1 rings (SSSR count). The molecule has 0 heterocycles. The zero-order valence-corrected chi connectivity index (χ0v) is 13.5. The molecule has 1 unspecified atom stereocenters. The van der Waals surface area contributed by atoms with Crippen molar-refractivity contribution in [1.82, 2.24) is 5.32 Å². The summed E-state index contributed by atoms with van der Waals surface area (Å²) in [5, 5.41) is 12.9. The van der Waals surface area contributed by atoms with Crippen LogP contribution in [0.5, 0.6) is 0 Å². The third-order valence-corrected chi connectivity index (χ3v) is 4.45. The summed E-state index contributed by atoms with van der Waals surface area (Å²) < 4.78 is 24.1. The van der Waals surface area contributed by atoms with Crippen LogP contribution in [0, 0.1) is 6.92 Å². The Morgan fingerprint density at radius 2 is 1.95 bits per heavy atom. The fourth-order valence-electron chi connectivity index (χ4n) is 1.89. The van der Waals surface area contributed by atoms with Crippen molar-refractivity contribution in [2.45, 2.75) is 45.1 Å². The van der Waals surface area contributed by atoms with E-state index in [2.05, 4.69) is 5.32 Å². The lowest BCUT2D eigenvalue weighted by molar-refractivity contribution is 0.181. The van der Waals surface area contributed by atoms with Gasteiger partial charge in [-0.15, -0.1) is 0 Å². The topological polar surface area (TPSA) is 66.4 Å². The largest absolute Gasteiger partial charge is 0.391 e. The van der Waals surface area contributed by atoms with Gasteiger partial charge >= 0.3 is 0 Å². The van der Waals surface area contributed by atoms with Crippen molar-refractivity contribution < 1.29 is 13.5 Å². The number of aryl methyl sites for hydroxylation is 1. The molecule has 114 valence electrons. The molecule has 0 radical (unpaired) electrons. The van der Waals surface area contributed by atoms with Gasteiger partial charge in [-0.3, -0.25) is 0 Å². The zero-order chi connectivity index (χ0) is 15.4. The van der Waals surface area contributed by atoms with Crippen LogP contribution in [0.1, 0.15) is 31.9 Å². The molecule has 20 heavy (non-hydrogen) atoms. The second kappa shape index (κ2) is 6.70. The van der Waals surface area contributed by atoms with Crippen molar-refractivity contribution in [3.63, 3.8) is 0 Å². The number of aliphatic hydroxyl groups is 1. The van der Waals surface area contributed by atoms with Crippen LogP contribution in [0.25, 0.3) is 0 Å². The lowest BCUT2D eigenvalue weighted by atomic mass is 10.1. The van der Waals surface area contributed by atoms with Crippen molar-refractivity contribution in [3.05, 3.63) is 35.4 Å². The van der Waals surface area contributed by atoms with E-state index in [9.17, 15) is 13.5 Å². The summed E-state index contributed by atoms with van der Waals surface area (Å²) in [6, 6.07) is 7.43. The highest BCUT2D eigenvalue weighted by Gasteiger charge is 2.19. The molecule has 1 atom stereocenters. The summed E-state index contributed by atoms with van der Waals surface area (Å²) in [6.07, 6.45) is -0.885. The Labute approximate surface area is 122 Å². The molecule has 0 saturated heterocycles. The van der Waals surface area contributed by atoms with Gasteiger partial charge in [-0.25, -0.2) is 8.42 Å². The molecule has 0 aliphatic heterocycles. The normalized spacial score (nSPS) is 14.2. The van der Waals surface area contributed by atoms with Crippen molar-refractivity contribution in [1.29, 1.82) is 0 Å². The number of aliphatic hydroxyl groups excluding tert-OH is 1. The Hall–Kier alpha value is -0.910. The number of hydrogen-bond donors (Lipinski definition) is 2. The quantitative estimate of drug-likeness (QED) is 0.838. The van der Waals surface area contributed by atoms with Gasteiger partial charge in [0.05, 0.1) is 17.6 Å². The van der Waals surface area contributed by atoms with Crippen molar-refractivity contribution in [2.75, 3.05) is 12.3 Å². The molecule has 1 aromatic carbocycles. The van der Waals surface area contributed by atoms with Crippen LogP contribution < -0.4 is 5.32 Å². The summed E-state index contributed by atoms with van der Waals surface area (Å²) >= 11 is 0. The predicted octanol–water partition coefficient (Wildman–Crippen LogP) is 1.66. The summed E-state index contributed by atoms with van der Waals surface area (Å²) in [7, 11) is -3.31. The fourth-order valence-corrected chi connectivity index (χ4v) is 3.40.